The quantitative estimate of drug-likeness (QED) is 0.477. The van der Waals surface area contributed by atoms with Crippen molar-refractivity contribution in [2.75, 3.05) is 11.1 Å². The average Bonchev–Trinajstić information content (AvgIpc) is 3.27. The topological polar surface area (TPSA) is 61.4 Å². The lowest BCUT2D eigenvalue weighted by molar-refractivity contribution is -0.124. The van der Waals surface area contributed by atoms with Gasteiger partial charge in [-0.1, -0.05) is 60.1 Å². The Kier molecular flexibility index (Phi) is 7.26. The number of nitrogens with one attached hydrogen (secondary N) is 2. The van der Waals surface area contributed by atoms with Crippen molar-refractivity contribution in [2.24, 2.45) is 0 Å². The number of urea groups is 1. The minimum Gasteiger partial charge on any atom is -0.350 e. The van der Waals surface area contributed by atoms with E-state index in [1.807, 2.05) is 74.5 Å². The second-order valence-electron chi connectivity index (χ2n) is 8.09. The van der Waals surface area contributed by atoms with Crippen LogP contribution in [0, 0.1) is 13.8 Å². The average molecular weight is 480 g/mol. The van der Waals surface area contributed by atoms with Gasteiger partial charge < -0.3 is 10.6 Å². The Morgan fingerprint density at radius 2 is 1.73 bits per heavy atom. The van der Waals surface area contributed by atoms with E-state index >= 15 is 0 Å². The second kappa shape index (κ2) is 10.3. The Hall–Kier alpha value is -2.96. The first-order chi connectivity index (χ1) is 15.9. The Morgan fingerprint density at radius 3 is 2.42 bits per heavy atom. The molecule has 1 saturated heterocycles. The summed E-state index contributed by atoms with van der Waals surface area (Å²) in [6, 6.07) is 22.1. The number of anilines is 1. The van der Waals surface area contributed by atoms with E-state index in [2.05, 4.69) is 10.6 Å². The minimum absolute atomic E-state index is 0.175. The van der Waals surface area contributed by atoms with Crippen molar-refractivity contribution < 1.29 is 9.59 Å². The van der Waals surface area contributed by atoms with Crippen molar-refractivity contribution >= 4 is 41.0 Å². The van der Waals surface area contributed by atoms with Crippen LogP contribution in [0.15, 0.2) is 72.8 Å². The van der Waals surface area contributed by atoms with E-state index in [0.717, 1.165) is 22.3 Å². The van der Waals surface area contributed by atoms with Gasteiger partial charge in [-0.3, -0.25) is 9.69 Å². The van der Waals surface area contributed by atoms with Crippen molar-refractivity contribution in [3.63, 3.8) is 0 Å². The maximum Gasteiger partial charge on any atom is 0.323 e. The van der Waals surface area contributed by atoms with Gasteiger partial charge in [-0.15, -0.1) is 11.8 Å². The van der Waals surface area contributed by atoms with E-state index in [1.165, 1.54) is 0 Å². The number of aryl methyl sites for hydroxylation is 2. The van der Waals surface area contributed by atoms with Gasteiger partial charge in [0.05, 0.1) is 0 Å². The summed E-state index contributed by atoms with van der Waals surface area (Å²) in [5.74, 6) is 0.345. The smallest absolute Gasteiger partial charge is 0.323 e. The van der Waals surface area contributed by atoms with Gasteiger partial charge in [-0.25, -0.2) is 4.79 Å². The van der Waals surface area contributed by atoms with Crippen molar-refractivity contribution in [1.82, 2.24) is 10.2 Å². The molecule has 3 amide bonds. The fourth-order valence-electron chi connectivity index (χ4n) is 3.75. The highest BCUT2D eigenvalue weighted by Gasteiger charge is 2.42. The van der Waals surface area contributed by atoms with Gasteiger partial charge >= 0.3 is 6.03 Å². The van der Waals surface area contributed by atoms with Gasteiger partial charge in [0.25, 0.3) is 0 Å². The van der Waals surface area contributed by atoms with Gasteiger partial charge in [0.15, 0.2) is 0 Å². The first kappa shape index (κ1) is 23.2. The van der Waals surface area contributed by atoms with Crippen molar-refractivity contribution in [3.8, 4) is 0 Å². The van der Waals surface area contributed by atoms with E-state index in [0.29, 0.717) is 23.0 Å². The lowest BCUT2D eigenvalue weighted by Gasteiger charge is -2.29. The number of rotatable bonds is 5. The molecular formula is C26H26ClN3O2S. The van der Waals surface area contributed by atoms with Crippen LogP contribution >= 0.6 is 23.4 Å². The van der Waals surface area contributed by atoms with E-state index in [1.54, 1.807) is 28.8 Å². The molecule has 7 heteroatoms. The van der Waals surface area contributed by atoms with Gasteiger partial charge in [0.2, 0.25) is 5.91 Å². The maximum atomic E-state index is 13.4. The van der Waals surface area contributed by atoms with Crippen LogP contribution in [0.3, 0.4) is 0 Å². The molecule has 1 aliphatic heterocycles. The molecule has 0 radical (unpaired) electrons. The molecule has 4 rings (SSSR count). The third-order valence-electron chi connectivity index (χ3n) is 5.76. The molecule has 0 unspecified atom stereocenters. The molecule has 1 fully saturated rings. The zero-order valence-corrected chi connectivity index (χ0v) is 20.1. The van der Waals surface area contributed by atoms with Crippen LogP contribution in [0.4, 0.5) is 10.5 Å². The summed E-state index contributed by atoms with van der Waals surface area (Å²) in [4.78, 5) is 28.2. The molecule has 0 bridgehead atoms. The number of halogens is 1. The number of hydrogen-bond donors (Lipinski definition) is 2. The molecule has 0 saturated carbocycles. The molecule has 0 aliphatic carbocycles. The van der Waals surface area contributed by atoms with E-state index in [4.69, 9.17) is 11.6 Å². The Balaban J connectivity index is 1.54. The number of amides is 3. The zero-order valence-electron chi connectivity index (χ0n) is 18.5. The highest BCUT2D eigenvalue weighted by molar-refractivity contribution is 7.99. The Bertz CT molecular complexity index is 1140. The summed E-state index contributed by atoms with van der Waals surface area (Å²) >= 11 is 7.54. The second-order valence-corrected chi connectivity index (χ2v) is 9.64. The summed E-state index contributed by atoms with van der Waals surface area (Å²) in [6.45, 7) is 4.42. The third kappa shape index (κ3) is 5.52. The highest BCUT2D eigenvalue weighted by Crippen LogP contribution is 2.41. The number of hydrogen-bond acceptors (Lipinski definition) is 3. The van der Waals surface area contributed by atoms with E-state index < -0.39 is 6.04 Å². The first-order valence-corrected chi connectivity index (χ1v) is 12.2. The first-order valence-electron chi connectivity index (χ1n) is 10.8. The molecule has 1 aliphatic rings. The minimum atomic E-state index is -0.584. The molecule has 0 spiro atoms. The van der Waals surface area contributed by atoms with Crippen LogP contribution in [-0.4, -0.2) is 28.6 Å². The standard InChI is InChI=1S/C26H26ClN3O2S/c1-17-8-13-22(14-18(17)2)29-26(32)30-23(16-33-25(30)20-6-4-3-5-7-20)24(31)28-15-19-9-11-21(27)12-10-19/h3-14,23,25H,15-16H2,1-2H3,(H,28,31)(H,29,32)/t23-,25-/m1/s1. The summed E-state index contributed by atoms with van der Waals surface area (Å²) in [5.41, 5.74) is 4.91. The molecule has 5 nitrogen and oxygen atoms in total. The van der Waals surface area contributed by atoms with Gasteiger partial charge in [-0.2, -0.15) is 0 Å². The summed E-state index contributed by atoms with van der Waals surface area (Å²) < 4.78 is 0. The lowest BCUT2D eigenvalue weighted by atomic mass is 10.1. The highest BCUT2D eigenvalue weighted by atomic mass is 35.5. The fraction of sp³-hybridized carbons (Fsp3) is 0.231. The third-order valence-corrected chi connectivity index (χ3v) is 7.34. The van der Waals surface area contributed by atoms with E-state index in [-0.39, 0.29) is 17.3 Å². The van der Waals surface area contributed by atoms with Crippen molar-refractivity contribution in [2.45, 2.75) is 31.8 Å². The van der Waals surface area contributed by atoms with Crippen LogP contribution in [0.1, 0.15) is 27.6 Å². The fourth-order valence-corrected chi connectivity index (χ4v) is 5.30. The summed E-state index contributed by atoms with van der Waals surface area (Å²) in [7, 11) is 0. The maximum absolute atomic E-state index is 13.4. The van der Waals surface area contributed by atoms with Crippen LogP contribution in [-0.2, 0) is 11.3 Å². The molecule has 33 heavy (non-hydrogen) atoms. The molecule has 3 aromatic rings. The summed E-state index contributed by atoms with van der Waals surface area (Å²) in [6.07, 6.45) is 0. The number of carbonyl (C=O) groups excluding carboxylic acids is 2. The largest absolute Gasteiger partial charge is 0.350 e. The molecule has 2 atom stereocenters. The Morgan fingerprint density at radius 1 is 1.00 bits per heavy atom. The number of carbonyl (C=O) groups is 2. The lowest BCUT2D eigenvalue weighted by Crippen LogP contribution is -2.49. The SMILES string of the molecule is Cc1ccc(NC(=O)N2[C@@H](C(=O)NCc3ccc(Cl)cc3)CS[C@@H]2c2ccccc2)cc1C. The molecule has 3 aromatic carbocycles. The Labute approximate surface area is 203 Å². The zero-order chi connectivity index (χ0) is 23.4. The molecule has 2 N–H and O–H groups in total. The van der Waals surface area contributed by atoms with Crippen molar-refractivity contribution in [3.05, 3.63) is 100 Å². The van der Waals surface area contributed by atoms with Crippen LogP contribution in [0.5, 0.6) is 0 Å². The monoisotopic (exact) mass is 479 g/mol. The van der Waals surface area contributed by atoms with Crippen LogP contribution in [0.2, 0.25) is 5.02 Å². The molecule has 0 aromatic heterocycles. The normalized spacial score (nSPS) is 17.6. The molecule has 1 heterocycles. The van der Waals surface area contributed by atoms with Gasteiger partial charge in [0.1, 0.15) is 11.4 Å². The predicted octanol–water partition coefficient (Wildman–Crippen LogP) is 5.92. The van der Waals surface area contributed by atoms with Crippen LogP contribution < -0.4 is 10.6 Å². The number of benzene rings is 3. The number of thioether (sulfide) groups is 1. The van der Waals surface area contributed by atoms with Crippen molar-refractivity contribution in [1.29, 1.82) is 0 Å². The van der Waals surface area contributed by atoms with Crippen LogP contribution in [0.25, 0.3) is 0 Å². The summed E-state index contributed by atoms with van der Waals surface area (Å²) in [5, 5.41) is 6.38. The molecule has 170 valence electrons. The molecular weight excluding hydrogens is 454 g/mol. The predicted molar refractivity (Wildman–Crippen MR) is 136 cm³/mol. The van der Waals surface area contributed by atoms with E-state index in [9.17, 15) is 9.59 Å². The van der Waals surface area contributed by atoms with Gasteiger partial charge in [0, 0.05) is 23.0 Å². The van der Waals surface area contributed by atoms with Gasteiger partial charge in [-0.05, 0) is 60.4 Å². The number of nitrogens with zero attached hydrogens (tertiary/aromatic N) is 1.